The Balaban J connectivity index is 1.14. The molecule has 3 saturated carbocycles. The number of allylic oxidation sites excluding steroid dienone is 1. The van der Waals surface area contributed by atoms with E-state index in [-0.39, 0.29) is 52.8 Å². The van der Waals surface area contributed by atoms with Crippen LogP contribution in [-0.4, -0.2) is 144 Å². The van der Waals surface area contributed by atoms with Crippen LogP contribution in [0.25, 0.3) is 0 Å². The number of carbonyl (C=O) groups is 1. The van der Waals surface area contributed by atoms with Gasteiger partial charge in [-0.3, -0.25) is 4.79 Å². The SMILES string of the molecule is C[C@H](CCC(=O)C(C)(C)O[C@@H]1O[C@H](CO)[C@@H](O)[C@H](O)[C@H]1O)[C@H]1CC[C@@]2(C)[C@@H]3CC=C4[C@@H](CC[C@H](O[C@@H]5O[C@H](CO)[C@@H](O)[C@H](O)[C@H]5O)C4(C)C)[C@]3(C)[C@H](O)C[C@]12C. The van der Waals surface area contributed by atoms with Crippen molar-refractivity contribution in [3.05, 3.63) is 11.6 Å². The van der Waals surface area contributed by atoms with Crippen LogP contribution in [0.4, 0.5) is 0 Å². The molecule has 4 aliphatic carbocycles. The van der Waals surface area contributed by atoms with Crippen molar-refractivity contribution in [2.24, 2.45) is 45.3 Å². The van der Waals surface area contributed by atoms with Crippen molar-refractivity contribution in [1.82, 2.24) is 0 Å². The van der Waals surface area contributed by atoms with Gasteiger partial charge < -0.3 is 64.9 Å². The predicted octanol–water partition coefficient (Wildman–Crippen LogP) is 1.33. The Bertz CT molecular complexity index is 1450. The van der Waals surface area contributed by atoms with E-state index in [1.54, 1.807) is 13.8 Å². The number of rotatable bonds is 11. The highest BCUT2D eigenvalue weighted by molar-refractivity contribution is 5.86. The van der Waals surface area contributed by atoms with Crippen LogP contribution in [0.5, 0.6) is 0 Å². The number of aliphatic hydroxyl groups excluding tert-OH is 9. The normalized spacial score (nSPS) is 49.7. The largest absolute Gasteiger partial charge is 0.394 e. The summed E-state index contributed by atoms with van der Waals surface area (Å²) < 4.78 is 23.5. The lowest BCUT2D eigenvalue weighted by Crippen LogP contribution is -2.65. The Morgan fingerprint density at radius 2 is 1.39 bits per heavy atom. The van der Waals surface area contributed by atoms with Gasteiger partial charge in [0.15, 0.2) is 18.4 Å². The molecule has 0 unspecified atom stereocenters. The molecule has 0 spiro atoms. The molecule has 0 aromatic rings. The number of ether oxygens (including phenoxy) is 4. The van der Waals surface area contributed by atoms with Crippen molar-refractivity contribution in [2.45, 2.75) is 186 Å². The summed E-state index contributed by atoms with van der Waals surface area (Å²) in [5.74, 6) is 0.540. The fourth-order valence-corrected chi connectivity index (χ4v) is 12.6. The lowest BCUT2D eigenvalue weighted by Gasteiger charge is -2.67. The summed E-state index contributed by atoms with van der Waals surface area (Å²) in [6.07, 6.45) is -6.95. The maximum Gasteiger partial charge on any atom is 0.187 e. The van der Waals surface area contributed by atoms with Gasteiger partial charge in [-0.15, -0.1) is 0 Å². The van der Waals surface area contributed by atoms with Gasteiger partial charge in [-0.25, -0.2) is 0 Å². The zero-order chi connectivity index (χ0) is 41.5. The molecule has 9 N–H and O–H groups in total. The standard InChI is InChI=1S/C42H70O14/c1-20(9-13-27(45)39(4,5)56-37-35(52)33(50)31(48)25(19-44)54-37)21-15-16-40(6)26-12-10-22-23(42(26,8)28(46)17-41(21,40)7)11-14-29(38(22,2)3)55-36-34(51)32(49)30(47)24(18-43)53-36/h10,20-21,23-26,28-37,43-44,46-52H,9,11-19H2,1-8H3/t20-,21-,23-,24-,25-,26+,28-,29+,30-,31-,32+,33+,34-,35-,36+,37+,40+,41-,42+/m1/s1. The third-order valence-electron chi connectivity index (χ3n) is 16.5. The highest BCUT2D eigenvalue weighted by Crippen LogP contribution is 2.75. The van der Waals surface area contributed by atoms with E-state index < -0.39 is 97.2 Å². The Morgan fingerprint density at radius 1 is 0.821 bits per heavy atom. The molecule has 0 aromatic carbocycles. The van der Waals surface area contributed by atoms with Crippen LogP contribution in [0.15, 0.2) is 11.6 Å². The summed E-state index contributed by atoms with van der Waals surface area (Å²) in [6.45, 7) is 15.5. The predicted molar refractivity (Wildman–Crippen MR) is 201 cm³/mol. The van der Waals surface area contributed by atoms with Gasteiger partial charge in [-0.1, -0.05) is 53.2 Å². The maximum atomic E-state index is 13.6. The average molecular weight is 799 g/mol. The molecule has 2 saturated heterocycles. The minimum Gasteiger partial charge on any atom is -0.394 e. The molecule has 0 radical (unpaired) electrons. The molecule has 6 rings (SSSR count). The minimum atomic E-state index is -1.60. The maximum absolute atomic E-state index is 13.6. The van der Waals surface area contributed by atoms with E-state index >= 15 is 0 Å². The molecule has 2 heterocycles. The molecule has 0 aromatic heterocycles. The second kappa shape index (κ2) is 15.7. The number of ketones is 1. The van der Waals surface area contributed by atoms with Crippen LogP contribution in [0, 0.1) is 45.3 Å². The molecular weight excluding hydrogens is 728 g/mol. The van der Waals surface area contributed by atoms with Gasteiger partial charge in [0.2, 0.25) is 0 Å². The quantitative estimate of drug-likeness (QED) is 0.134. The van der Waals surface area contributed by atoms with Crippen molar-refractivity contribution in [3.63, 3.8) is 0 Å². The monoisotopic (exact) mass is 798 g/mol. The first-order valence-electron chi connectivity index (χ1n) is 20.9. The number of Topliss-reactive ketones (excluding diaryl/α,β-unsaturated/α-hetero) is 1. The molecule has 14 nitrogen and oxygen atoms in total. The Morgan fingerprint density at radius 3 is 1.98 bits per heavy atom. The summed E-state index contributed by atoms with van der Waals surface area (Å²) in [7, 11) is 0. The van der Waals surface area contributed by atoms with Gasteiger partial charge in [0, 0.05) is 17.3 Å². The van der Waals surface area contributed by atoms with Crippen molar-refractivity contribution < 1.29 is 69.7 Å². The minimum absolute atomic E-state index is 0.0781. The third kappa shape index (κ3) is 6.97. The smallest absolute Gasteiger partial charge is 0.187 e. The molecule has 6 aliphatic rings. The van der Waals surface area contributed by atoms with Crippen molar-refractivity contribution in [2.75, 3.05) is 13.2 Å². The number of carbonyl (C=O) groups excluding carboxylic acids is 1. The molecule has 5 fully saturated rings. The van der Waals surface area contributed by atoms with Gasteiger partial charge in [-0.05, 0) is 93.3 Å². The van der Waals surface area contributed by atoms with Crippen LogP contribution < -0.4 is 0 Å². The molecule has 322 valence electrons. The lowest BCUT2D eigenvalue weighted by molar-refractivity contribution is -0.320. The van der Waals surface area contributed by atoms with E-state index in [1.807, 2.05) is 0 Å². The summed E-state index contributed by atoms with van der Waals surface area (Å²) in [4.78, 5) is 13.6. The zero-order valence-electron chi connectivity index (χ0n) is 34.5. The van der Waals surface area contributed by atoms with Gasteiger partial charge in [-0.2, -0.15) is 0 Å². The summed E-state index contributed by atoms with van der Waals surface area (Å²) in [5, 5.41) is 94.0. The van der Waals surface area contributed by atoms with Crippen LogP contribution >= 0.6 is 0 Å². The van der Waals surface area contributed by atoms with Gasteiger partial charge in [0.05, 0.1) is 25.4 Å². The van der Waals surface area contributed by atoms with Crippen LogP contribution in [0.1, 0.15) is 107 Å². The fourth-order valence-electron chi connectivity index (χ4n) is 12.6. The van der Waals surface area contributed by atoms with E-state index in [0.717, 1.165) is 25.7 Å². The number of hydrogen-bond acceptors (Lipinski definition) is 14. The van der Waals surface area contributed by atoms with Crippen molar-refractivity contribution >= 4 is 5.78 Å². The first-order chi connectivity index (χ1) is 26.0. The van der Waals surface area contributed by atoms with E-state index in [4.69, 9.17) is 18.9 Å². The van der Waals surface area contributed by atoms with E-state index in [9.17, 15) is 50.8 Å². The number of hydrogen-bond donors (Lipinski definition) is 9. The highest BCUT2D eigenvalue weighted by Gasteiger charge is 2.70. The molecule has 0 amide bonds. The highest BCUT2D eigenvalue weighted by atomic mass is 16.7. The first-order valence-corrected chi connectivity index (χ1v) is 20.9. The molecule has 0 bridgehead atoms. The van der Waals surface area contributed by atoms with Crippen molar-refractivity contribution in [1.29, 1.82) is 0 Å². The van der Waals surface area contributed by atoms with Crippen LogP contribution in [0.3, 0.4) is 0 Å². The Hall–Kier alpha value is -1.11. The second-order valence-corrected chi connectivity index (χ2v) is 20.0. The number of fused-ring (bicyclic) bond motifs is 5. The topological polar surface area (TPSA) is 236 Å². The summed E-state index contributed by atoms with van der Waals surface area (Å²) >= 11 is 0. The first kappa shape index (κ1) is 44.4. The van der Waals surface area contributed by atoms with Gasteiger partial charge in [0.25, 0.3) is 0 Å². The molecular formula is C42H70O14. The lowest BCUT2D eigenvalue weighted by atomic mass is 9.38. The molecule has 2 aliphatic heterocycles. The zero-order valence-corrected chi connectivity index (χ0v) is 34.5. The summed E-state index contributed by atoms with van der Waals surface area (Å²) in [5.41, 5.74) is -1.31. The third-order valence-corrected chi connectivity index (χ3v) is 16.5. The Kier molecular flexibility index (Phi) is 12.5. The second-order valence-electron chi connectivity index (χ2n) is 20.0. The van der Waals surface area contributed by atoms with E-state index in [1.165, 1.54) is 5.57 Å². The van der Waals surface area contributed by atoms with Crippen LogP contribution in [0.2, 0.25) is 0 Å². The van der Waals surface area contributed by atoms with Crippen molar-refractivity contribution in [3.8, 4) is 0 Å². The fraction of sp³-hybridized carbons (Fsp3) is 0.929. The van der Waals surface area contributed by atoms with E-state index in [2.05, 4.69) is 47.6 Å². The average Bonchev–Trinajstić information content (AvgIpc) is 3.41. The van der Waals surface area contributed by atoms with Gasteiger partial charge >= 0.3 is 0 Å². The van der Waals surface area contributed by atoms with Crippen LogP contribution in [-0.2, 0) is 23.7 Å². The van der Waals surface area contributed by atoms with E-state index in [0.29, 0.717) is 19.3 Å². The molecule has 56 heavy (non-hydrogen) atoms. The molecule has 19 atom stereocenters. The molecule has 14 heteroatoms. The number of aliphatic hydroxyl groups is 9. The summed E-state index contributed by atoms with van der Waals surface area (Å²) in [6, 6.07) is 0. The van der Waals surface area contributed by atoms with Gasteiger partial charge in [0.1, 0.15) is 54.4 Å². The Labute approximate surface area is 331 Å².